The van der Waals surface area contributed by atoms with Crippen molar-refractivity contribution in [2.24, 2.45) is 0 Å². The molecule has 2 aromatic carbocycles. The van der Waals surface area contributed by atoms with Crippen molar-refractivity contribution in [3.05, 3.63) is 93.7 Å². The third-order valence-electron chi connectivity index (χ3n) is 5.40. The number of rotatable bonds is 7. The first kappa shape index (κ1) is 20.3. The number of methoxy groups -OCH3 is 1. The zero-order valence-electron chi connectivity index (χ0n) is 16.8. The molecule has 4 rings (SSSR count). The molecule has 1 aromatic heterocycles. The highest BCUT2D eigenvalue weighted by Gasteiger charge is 2.44. The highest BCUT2D eigenvalue weighted by atomic mass is 32.1. The molecule has 1 aliphatic heterocycles. The van der Waals surface area contributed by atoms with Gasteiger partial charge in [-0.05, 0) is 28.6 Å². The van der Waals surface area contributed by atoms with Gasteiger partial charge in [-0.1, -0.05) is 54.6 Å². The largest absolute Gasteiger partial charge is 0.383 e. The van der Waals surface area contributed by atoms with Gasteiger partial charge in [-0.2, -0.15) is 0 Å². The fraction of sp³-hybridized carbons (Fsp3) is 0.250. The number of nitrogens with zero attached hydrogens (tertiary/aromatic N) is 1. The number of hydrogen-bond donors (Lipinski definition) is 1. The van der Waals surface area contributed by atoms with E-state index in [-0.39, 0.29) is 17.9 Å². The van der Waals surface area contributed by atoms with Crippen LogP contribution in [0, 0.1) is 0 Å². The first-order valence-electron chi connectivity index (χ1n) is 9.94. The normalized spacial score (nSPS) is 18.2. The quantitative estimate of drug-likeness (QED) is 0.629. The van der Waals surface area contributed by atoms with E-state index in [0.29, 0.717) is 25.3 Å². The summed E-state index contributed by atoms with van der Waals surface area (Å²) in [6.45, 7) is 1.28. The predicted octanol–water partition coefficient (Wildman–Crippen LogP) is 3.99. The molecule has 2 heterocycles. The Labute approximate surface area is 180 Å². The molecule has 0 aliphatic carbocycles. The fourth-order valence-corrected chi connectivity index (χ4v) is 4.86. The van der Waals surface area contributed by atoms with E-state index in [2.05, 4.69) is 5.32 Å². The molecule has 2 atom stereocenters. The van der Waals surface area contributed by atoms with Gasteiger partial charge in [0.2, 0.25) is 5.91 Å². The lowest BCUT2D eigenvalue weighted by atomic mass is 9.81. The van der Waals surface area contributed by atoms with Crippen molar-refractivity contribution in [1.82, 2.24) is 10.2 Å². The van der Waals surface area contributed by atoms with Gasteiger partial charge in [-0.25, -0.2) is 0 Å². The molecule has 0 spiro atoms. The van der Waals surface area contributed by atoms with Gasteiger partial charge in [0, 0.05) is 30.6 Å². The molecule has 2 amide bonds. The zero-order valence-corrected chi connectivity index (χ0v) is 17.6. The third-order valence-corrected chi connectivity index (χ3v) is 6.34. The Morgan fingerprint density at radius 3 is 2.57 bits per heavy atom. The predicted molar refractivity (Wildman–Crippen MR) is 117 cm³/mol. The monoisotopic (exact) mass is 420 g/mol. The Kier molecular flexibility index (Phi) is 6.26. The third kappa shape index (κ3) is 4.01. The van der Waals surface area contributed by atoms with Gasteiger partial charge in [-0.3, -0.25) is 9.59 Å². The number of thiophene rings is 1. The highest BCUT2D eigenvalue weighted by molar-refractivity contribution is 7.10. The van der Waals surface area contributed by atoms with Crippen molar-refractivity contribution in [3.8, 4) is 0 Å². The van der Waals surface area contributed by atoms with Gasteiger partial charge in [0.25, 0.3) is 5.91 Å². The highest BCUT2D eigenvalue weighted by Crippen LogP contribution is 2.44. The molecule has 154 valence electrons. The summed E-state index contributed by atoms with van der Waals surface area (Å²) in [5.74, 6) is -0.633. The molecule has 1 aliphatic rings. The summed E-state index contributed by atoms with van der Waals surface area (Å²) < 4.78 is 5.26. The van der Waals surface area contributed by atoms with Gasteiger partial charge < -0.3 is 15.0 Å². The molecule has 5 nitrogen and oxygen atoms in total. The molecule has 0 fully saturated rings. The lowest BCUT2D eigenvalue weighted by molar-refractivity contribution is -0.124. The van der Waals surface area contributed by atoms with E-state index in [1.807, 2.05) is 66.0 Å². The standard InChI is InChI=1S/C24H24N2O3S/c1-29-14-13-26-22(20-12-7-15-30-20)21(18-10-5-6-11-19(18)24(26)28)23(27)25-16-17-8-3-2-4-9-17/h2-12,15,21-22H,13-14,16H2,1H3,(H,25,27)/t21-,22-/m1/s1. The van der Waals surface area contributed by atoms with Crippen molar-refractivity contribution in [2.75, 3.05) is 20.3 Å². The van der Waals surface area contributed by atoms with Crippen molar-refractivity contribution < 1.29 is 14.3 Å². The number of fused-ring (bicyclic) bond motifs is 1. The van der Waals surface area contributed by atoms with E-state index in [4.69, 9.17) is 4.74 Å². The van der Waals surface area contributed by atoms with Crippen LogP contribution >= 0.6 is 11.3 Å². The summed E-state index contributed by atoms with van der Waals surface area (Å²) in [5, 5.41) is 5.07. The lowest BCUT2D eigenvalue weighted by Crippen LogP contribution is -2.48. The molecule has 0 bridgehead atoms. The summed E-state index contributed by atoms with van der Waals surface area (Å²) in [7, 11) is 1.62. The maximum absolute atomic E-state index is 13.5. The minimum absolute atomic E-state index is 0.0619. The van der Waals surface area contributed by atoms with Crippen LogP contribution in [-0.4, -0.2) is 37.0 Å². The van der Waals surface area contributed by atoms with E-state index in [1.165, 1.54) is 0 Å². The van der Waals surface area contributed by atoms with Gasteiger partial charge in [-0.15, -0.1) is 11.3 Å². The van der Waals surface area contributed by atoms with Crippen molar-refractivity contribution in [1.29, 1.82) is 0 Å². The van der Waals surface area contributed by atoms with Gasteiger partial charge in [0.05, 0.1) is 18.6 Å². The SMILES string of the molecule is COCCN1C(=O)c2ccccc2[C@@H](C(=O)NCc2ccccc2)[C@H]1c1cccs1. The number of carbonyl (C=O) groups is 2. The maximum Gasteiger partial charge on any atom is 0.254 e. The minimum Gasteiger partial charge on any atom is -0.383 e. The van der Waals surface area contributed by atoms with E-state index in [1.54, 1.807) is 29.4 Å². The van der Waals surface area contributed by atoms with E-state index < -0.39 is 5.92 Å². The van der Waals surface area contributed by atoms with Crippen LogP contribution in [0.3, 0.4) is 0 Å². The molecule has 0 saturated carbocycles. The van der Waals surface area contributed by atoms with Gasteiger partial charge in [0.1, 0.15) is 0 Å². The summed E-state index contributed by atoms with van der Waals surface area (Å²) in [4.78, 5) is 29.6. The first-order chi connectivity index (χ1) is 14.7. The van der Waals surface area contributed by atoms with Crippen LogP contribution in [0.1, 0.15) is 38.3 Å². The molecular weight excluding hydrogens is 396 g/mol. The molecule has 0 radical (unpaired) electrons. The molecule has 1 N–H and O–H groups in total. The Hall–Kier alpha value is -2.96. The maximum atomic E-state index is 13.5. The van der Waals surface area contributed by atoms with Crippen LogP contribution < -0.4 is 5.32 Å². The lowest BCUT2D eigenvalue weighted by Gasteiger charge is -2.41. The number of ether oxygens (including phenoxy) is 1. The zero-order chi connectivity index (χ0) is 20.9. The van der Waals surface area contributed by atoms with Gasteiger partial charge >= 0.3 is 0 Å². The summed E-state index contributed by atoms with van der Waals surface area (Å²) in [5.41, 5.74) is 2.40. The smallest absolute Gasteiger partial charge is 0.254 e. The second kappa shape index (κ2) is 9.24. The number of benzene rings is 2. The fourth-order valence-electron chi connectivity index (χ4n) is 3.98. The van der Waals surface area contributed by atoms with Crippen LogP contribution in [0.2, 0.25) is 0 Å². The number of carbonyl (C=O) groups excluding carboxylic acids is 2. The number of amides is 2. The average molecular weight is 421 g/mol. The van der Waals surface area contributed by atoms with E-state index in [9.17, 15) is 9.59 Å². The van der Waals surface area contributed by atoms with Crippen LogP contribution in [0.25, 0.3) is 0 Å². The summed E-state index contributed by atoms with van der Waals surface area (Å²) in [6, 6.07) is 20.9. The molecule has 30 heavy (non-hydrogen) atoms. The van der Waals surface area contributed by atoms with E-state index in [0.717, 1.165) is 16.0 Å². The molecule has 3 aromatic rings. The van der Waals surface area contributed by atoms with Crippen LogP contribution in [0.4, 0.5) is 0 Å². The molecular formula is C24H24N2O3S. The Balaban J connectivity index is 1.72. The second-order valence-electron chi connectivity index (χ2n) is 7.22. The van der Waals surface area contributed by atoms with Crippen molar-refractivity contribution in [2.45, 2.75) is 18.5 Å². The number of hydrogen-bond acceptors (Lipinski definition) is 4. The average Bonchev–Trinajstić information content (AvgIpc) is 3.32. The summed E-state index contributed by atoms with van der Waals surface area (Å²) >= 11 is 1.56. The van der Waals surface area contributed by atoms with Crippen molar-refractivity contribution >= 4 is 23.2 Å². The van der Waals surface area contributed by atoms with E-state index >= 15 is 0 Å². The van der Waals surface area contributed by atoms with Crippen LogP contribution in [0.15, 0.2) is 72.1 Å². The molecule has 0 saturated heterocycles. The van der Waals surface area contributed by atoms with Crippen LogP contribution in [-0.2, 0) is 16.1 Å². The molecule has 6 heteroatoms. The van der Waals surface area contributed by atoms with Crippen molar-refractivity contribution in [3.63, 3.8) is 0 Å². The Bertz CT molecular complexity index is 1000. The summed E-state index contributed by atoms with van der Waals surface area (Å²) in [6.07, 6.45) is 0. The minimum atomic E-state index is -0.488. The Morgan fingerprint density at radius 1 is 1.07 bits per heavy atom. The molecule has 0 unspecified atom stereocenters. The topological polar surface area (TPSA) is 58.6 Å². The van der Waals surface area contributed by atoms with Gasteiger partial charge in [0.15, 0.2) is 0 Å². The second-order valence-corrected chi connectivity index (χ2v) is 8.20. The number of nitrogens with one attached hydrogen (secondary N) is 1. The first-order valence-corrected chi connectivity index (χ1v) is 10.8. The Morgan fingerprint density at radius 2 is 1.83 bits per heavy atom. The van der Waals surface area contributed by atoms with Crippen LogP contribution in [0.5, 0.6) is 0 Å².